The maximum absolute atomic E-state index is 12.8. The molecular formula is C20H29NO2. The molecule has 1 atom stereocenters. The molecule has 0 radical (unpaired) electrons. The second-order valence-corrected chi connectivity index (χ2v) is 7.39. The number of benzene rings is 1. The Bertz CT molecular complexity index is 552. The largest absolute Gasteiger partial charge is 0.466 e. The van der Waals surface area contributed by atoms with Crippen molar-refractivity contribution in [3.8, 4) is 0 Å². The van der Waals surface area contributed by atoms with Gasteiger partial charge in [-0.05, 0) is 69.5 Å². The number of carbonyl (C=O) groups excluding carboxylic acids is 1. The summed E-state index contributed by atoms with van der Waals surface area (Å²) in [4.78, 5) is 15.3. The third kappa shape index (κ3) is 3.95. The van der Waals surface area contributed by atoms with Crippen molar-refractivity contribution < 1.29 is 9.53 Å². The topological polar surface area (TPSA) is 29.5 Å². The van der Waals surface area contributed by atoms with E-state index in [0.29, 0.717) is 6.61 Å². The second kappa shape index (κ2) is 7.04. The zero-order valence-electron chi connectivity index (χ0n) is 14.5. The van der Waals surface area contributed by atoms with Crippen LogP contribution in [0.3, 0.4) is 0 Å². The standard InChI is InChI=1S/C20H29NO2/c1-3-23-19(22)20(13-18-8-5-4-7-16(18)2)11-6-12-21(15-20)14-17-9-10-17/h4-5,7-8,17H,3,6,9-15H2,1-2H3/t20-/m0/s1. The third-order valence-corrected chi connectivity index (χ3v) is 5.37. The Labute approximate surface area is 140 Å². The predicted molar refractivity (Wildman–Crippen MR) is 92.3 cm³/mol. The van der Waals surface area contributed by atoms with Crippen molar-refractivity contribution in [3.63, 3.8) is 0 Å². The second-order valence-electron chi connectivity index (χ2n) is 7.39. The number of likely N-dealkylation sites (tertiary alicyclic amines) is 1. The van der Waals surface area contributed by atoms with Crippen molar-refractivity contribution >= 4 is 5.97 Å². The molecular weight excluding hydrogens is 286 g/mol. The molecule has 1 aromatic rings. The van der Waals surface area contributed by atoms with Crippen molar-refractivity contribution in [3.05, 3.63) is 35.4 Å². The number of aryl methyl sites for hydroxylation is 1. The fourth-order valence-corrected chi connectivity index (χ4v) is 3.89. The van der Waals surface area contributed by atoms with Crippen molar-refractivity contribution in [1.82, 2.24) is 4.90 Å². The van der Waals surface area contributed by atoms with Gasteiger partial charge in [0.05, 0.1) is 12.0 Å². The zero-order valence-corrected chi connectivity index (χ0v) is 14.5. The predicted octanol–water partition coefficient (Wildman–Crippen LogP) is 3.59. The van der Waals surface area contributed by atoms with Crippen molar-refractivity contribution in [2.75, 3.05) is 26.2 Å². The van der Waals surface area contributed by atoms with E-state index in [0.717, 1.165) is 44.8 Å². The summed E-state index contributed by atoms with van der Waals surface area (Å²) in [6, 6.07) is 8.44. The molecule has 0 amide bonds. The first-order valence-corrected chi connectivity index (χ1v) is 9.07. The van der Waals surface area contributed by atoms with Crippen LogP contribution in [0.4, 0.5) is 0 Å². The van der Waals surface area contributed by atoms with Crippen LogP contribution in [0.5, 0.6) is 0 Å². The summed E-state index contributed by atoms with van der Waals surface area (Å²) in [5.74, 6) is 0.871. The summed E-state index contributed by atoms with van der Waals surface area (Å²) in [6.45, 7) is 7.66. The molecule has 2 aliphatic rings. The van der Waals surface area contributed by atoms with E-state index in [1.807, 2.05) is 6.92 Å². The summed E-state index contributed by atoms with van der Waals surface area (Å²) in [5, 5.41) is 0. The summed E-state index contributed by atoms with van der Waals surface area (Å²) in [5.41, 5.74) is 2.19. The van der Waals surface area contributed by atoms with Gasteiger partial charge in [-0.3, -0.25) is 4.79 Å². The number of esters is 1. The third-order valence-electron chi connectivity index (χ3n) is 5.37. The number of rotatable bonds is 6. The van der Waals surface area contributed by atoms with E-state index in [4.69, 9.17) is 4.74 Å². The molecule has 0 N–H and O–H groups in total. The first-order valence-electron chi connectivity index (χ1n) is 9.07. The Balaban J connectivity index is 1.81. The van der Waals surface area contributed by atoms with Gasteiger partial charge in [0.25, 0.3) is 0 Å². The molecule has 1 heterocycles. The number of piperidine rings is 1. The average molecular weight is 315 g/mol. The van der Waals surface area contributed by atoms with E-state index in [9.17, 15) is 4.79 Å². The minimum absolute atomic E-state index is 0.00347. The highest BCUT2D eigenvalue weighted by molar-refractivity contribution is 5.78. The summed E-state index contributed by atoms with van der Waals surface area (Å²) < 4.78 is 5.50. The van der Waals surface area contributed by atoms with Crippen molar-refractivity contribution in [2.45, 2.75) is 46.0 Å². The highest BCUT2D eigenvalue weighted by atomic mass is 16.5. The lowest BCUT2D eigenvalue weighted by Crippen LogP contribution is -2.50. The molecule has 0 unspecified atom stereocenters. The van der Waals surface area contributed by atoms with Crippen molar-refractivity contribution in [2.24, 2.45) is 11.3 Å². The van der Waals surface area contributed by atoms with Gasteiger partial charge in [0, 0.05) is 13.1 Å². The van der Waals surface area contributed by atoms with Crippen LogP contribution in [0.2, 0.25) is 0 Å². The summed E-state index contributed by atoms with van der Waals surface area (Å²) in [7, 11) is 0. The number of ether oxygens (including phenoxy) is 1. The Morgan fingerprint density at radius 3 is 2.83 bits per heavy atom. The van der Waals surface area contributed by atoms with Gasteiger partial charge >= 0.3 is 5.97 Å². The van der Waals surface area contributed by atoms with Gasteiger partial charge < -0.3 is 9.64 Å². The van der Waals surface area contributed by atoms with Crippen LogP contribution in [0.1, 0.15) is 43.7 Å². The van der Waals surface area contributed by atoms with Crippen LogP contribution in [-0.4, -0.2) is 37.1 Å². The van der Waals surface area contributed by atoms with Gasteiger partial charge in [0.2, 0.25) is 0 Å². The van der Waals surface area contributed by atoms with E-state index in [1.165, 1.54) is 24.0 Å². The molecule has 1 aromatic carbocycles. The lowest BCUT2D eigenvalue weighted by Gasteiger charge is -2.41. The van der Waals surface area contributed by atoms with Crippen LogP contribution in [-0.2, 0) is 16.0 Å². The number of hydrogen-bond acceptors (Lipinski definition) is 3. The number of nitrogens with zero attached hydrogens (tertiary/aromatic N) is 1. The molecule has 1 saturated carbocycles. The van der Waals surface area contributed by atoms with Gasteiger partial charge in [0.15, 0.2) is 0 Å². The molecule has 3 heteroatoms. The normalized spacial score (nSPS) is 25.3. The van der Waals surface area contributed by atoms with Gasteiger partial charge in [-0.15, -0.1) is 0 Å². The molecule has 23 heavy (non-hydrogen) atoms. The lowest BCUT2D eigenvalue weighted by atomic mass is 9.74. The molecule has 3 nitrogen and oxygen atoms in total. The first kappa shape index (κ1) is 16.5. The van der Waals surface area contributed by atoms with Crippen LogP contribution < -0.4 is 0 Å². The van der Waals surface area contributed by atoms with E-state index in [-0.39, 0.29) is 11.4 Å². The van der Waals surface area contributed by atoms with Gasteiger partial charge in [0.1, 0.15) is 0 Å². The summed E-state index contributed by atoms with van der Waals surface area (Å²) >= 11 is 0. The monoisotopic (exact) mass is 315 g/mol. The van der Waals surface area contributed by atoms with Crippen LogP contribution >= 0.6 is 0 Å². The van der Waals surface area contributed by atoms with E-state index in [2.05, 4.69) is 36.1 Å². The van der Waals surface area contributed by atoms with Gasteiger partial charge in [-0.25, -0.2) is 0 Å². The molecule has 0 aromatic heterocycles. The highest BCUT2D eigenvalue weighted by Gasteiger charge is 2.44. The van der Waals surface area contributed by atoms with Crippen LogP contribution in [0.25, 0.3) is 0 Å². The van der Waals surface area contributed by atoms with Crippen LogP contribution in [0.15, 0.2) is 24.3 Å². The maximum Gasteiger partial charge on any atom is 0.313 e. The average Bonchev–Trinajstić information content (AvgIpc) is 3.34. The Morgan fingerprint density at radius 2 is 2.13 bits per heavy atom. The quantitative estimate of drug-likeness (QED) is 0.751. The van der Waals surface area contributed by atoms with E-state index < -0.39 is 0 Å². The minimum atomic E-state index is -0.366. The maximum atomic E-state index is 12.8. The fourth-order valence-electron chi connectivity index (χ4n) is 3.89. The molecule has 0 spiro atoms. The Hall–Kier alpha value is -1.35. The van der Waals surface area contributed by atoms with E-state index >= 15 is 0 Å². The zero-order chi connectivity index (χ0) is 16.3. The van der Waals surface area contributed by atoms with Gasteiger partial charge in [-0.1, -0.05) is 24.3 Å². The Kier molecular flexibility index (Phi) is 5.05. The number of hydrogen-bond donors (Lipinski definition) is 0. The van der Waals surface area contributed by atoms with Crippen molar-refractivity contribution in [1.29, 1.82) is 0 Å². The fraction of sp³-hybridized carbons (Fsp3) is 0.650. The first-order chi connectivity index (χ1) is 11.1. The van der Waals surface area contributed by atoms with Gasteiger partial charge in [-0.2, -0.15) is 0 Å². The summed E-state index contributed by atoms with van der Waals surface area (Å²) in [6.07, 6.45) is 5.57. The molecule has 126 valence electrons. The molecule has 1 aliphatic carbocycles. The number of carbonyl (C=O) groups is 1. The molecule has 1 aliphatic heterocycles. The highest BCUT2D eigenvalue weighted by Crippen LogP contribution is 2.38. The molecule has 3 rings (SSSR count). The Morgan fingerprint density at radius 1 is 1.35 bits per heavy atom. The lowest BCUT2D eigenvalue weighted by molar-refractivity contribution is -0.159. The molecule has 2 fully saturated rings. The van der Waals surface area contributed by atoms with E-state index in [1.54, 1.807) is 0 Å². The molecule has 1 saturated heterocycles. The smallest absolute Gasteiger partial charge is 0.313 e. The van der Waals surface area contributed by atoms with Crippen LogP contribution in [0, 0.1) is 18.3 Å². The SMILES string of the molecule is CCOC(=O)[C@]1(Cc2ccccc2C)CCCN(CC2CC2)C1. The minimum Gasteiger partial charge on any atom is -0.466 e. The molecule has 0 bridgehead atoms.